The minimum atomic E-state index is -0.248. The van der Waals surface area contributed by atoms with Crippen LogP contribution in [-0.2, 0) is 17.9 Å². The summed E-state index contributed by atoms with van der Waals surface area (Å²) in [5.41, 5.74) is 4.01. The van der Waals surface area contributed by atoms with Crippen LogP contribution >= 0.6 is 0 Å². The van der Waals surface area contributed by atoms with Crippen molar-refractivity contribution in [1.29, 1.82) is 0 Å². The first-order chi connectivity index (χ1) is 15.6. The van der Waals surface area contributed by atoms with Crippen LogP contribution < -0.4 is 15.5 Å². The third kappa shape index (κ3) is 5.79. The van der Waals surface area contributed by atoms with Crippen molar-refractivity contribution < 1.29 is 14.7 Å². The molecule has 0 unspecified atom stereocenters. The highest BCUT2D eigenvalue weighted by Gasteiger charge is 2.20. The molecule has 4 rings (SSSR count). The van der Waals surface area contributed by atoms with Crippen LogP contribution in [-0.4, -0.2) is 48.2 Å². The lowest BCUT2D eigenvalue weighted by atomic mass is 9.97. The van der Waals surface area contributed by atoms with Crippen LogP contribution in [0.5, 0.6) is 0 Å². The van der Waals surface area contributed by atoms with Crippen LogP contribution in [0.3, 0.4) is 0 Å². The van der Waals surface area contributed by atoms with Crippen molar-refractivity contribution in [3.05, 3.63) is 59.7 Å². The lowest BCUT2D eigenvalue weighted by Gasteiger charge is -2.33. The molecule has 2 fully saturated rings. The van der Waals surface area contributed by atoms with Gasteiger partial charge in [0.15, 0.2) is 0 Å². The van der Waals surface area contributed by atoms with Gasteiger partial charge >= 0.3 is 6.03 Å². The fourth-order valence-electron chi connectivity index (χ4n) is 4.34. The molecule has 7 nitrogen and oxygen atoms in total. The lowest BCUT2D eigenvalue weighted by Crippen LogP contribution is -2.34. The Morgan fingerprint density at radius 3 is 2.28 bits per heavy atom. The third-order valence-electron chi connectivity index (χ3n) is 6.38. The SMILES string of the molecule is O=C(NCc1ccc(N2CCC(CO)CC2)cc1)Nc1ccc(CN2CCCC2=O)cc1. The van der Waals surface area contributed by atoms with E-state index in [1.807, 2.05) is 41.3 Å². The van der Waals surface area contributed by atoms with E-state index in [1.54, 1.807) is 0 Å². The molecule has 3 N–H and O–H groups in total. The summed E-state index contributed by atoms with van der Waals surface area (Å²) < 4.78 is 0. The predicted molar refractivity (Wildman–Crippen MR) is 125 cm³/mol. The van der Waals surface area contributed by atoms with E-state index < -0.39 is 0 Å². The number of nitrogens with zero attached hydrogens (tertiary/aromatic N) is 2. The van der Waals surface area contributed by atoms with Gasteiger partial charge in [0.2, 0.25) is 5.91 Å². The summed E-state index contributed by atoms with van der Waals surface area (Å²) in [5, 5.41) is 15.0. The highest BCUT2D eigenvalue weighted by molar-refractivity contribution is 5.89. The average molecular weight is 437 g/mol. The molecule has 2 aromatic rings. The summed E-state index contributed by atoms with van der Waals surface area (Å²) in [6, 6.07) is 15.7. The number of carbonyl (C=O) groups is 2. The van der Waals surface area contributed by atoms with E-state index in [0.29, 0.717) is 25.4 Å². The summed E-state index contributed by atoms with van der Waals surface area (Å²) in [7, 11) is 0. The van der Waals surface area contributed by atoms with Crippen LogP contribution in [0, 0.1) is 5.92 Å². The van der Waals surface area contributed by atoms with Crippen molar-refractivity contribution >= 4 is 23.3 Å². The van der Waals surface area contributed by atoms with E-state index in [0.717, 1.165) is 55.7 Å². The normalized spacial score (nSPS) is 17.0. The molecule has 2 saturated heterocycles. The fraction of sp³-hybridized carbons (Fsp3) is 0.440. The molecule has 0 radical (unpaired) electrons. The number of benzene rings is 2. The number of carbonyl (C=O) groups excluding carboxylic acids is 2. The van der Waals surface area contributed by atoms with Gasteiger partial charge in [-0.3, -0.25) is 4.79 Å². The molecule has 0 bridgehead atoms. The summed E-state index contributed by atoms with van der Waals surface area (Å²) in [6.45, 7) is 4.13. The second-order valence-electron chi connectivity index (χ2n) is 8.70. The molecule has 2 aromatic carbocycles. The molecule has 2 heterocycles. The topological polar surface area (TPSA) is 84.9 Å². The van der Waals surface area contributed by atoms with E-state index >= 15 is 0 Å². The van der Waals surface area contributed by atoms with Gasteiger partial charge in [-0.1, -0.05) is 24.3 Å². The zero-order valence-corrected chi connectivity index (χ0v) is 18.4. The molecule has 170 valence electrons. The molecule has 0 spiro atoms. The molecular weight excluding hydrogens is 404 g/mol. The average Bonchev–Trinajstić information content (AvgIpc) is 3.23. The Morgan fingerprint density at radius 1 is 0.969 bits per heavy atom. The molecule has 0 saturated carbocycles. The number of hydrogen-bond acceptors (Lipinski definition) is 4. The van der Waals surface area contributed by atoms with Crippen molar-refractivity contribution in [2.75, 3.05) is 36.5 Å². The second-order valence-corrected chi connectivity index (χ2v) is 8.70. The number of anilines is 2. The van der Waals surface area contributed by atoms with E-state index in [1.165, 1.54) is 5.69 Å². The number of aliphatic hydroxyl groups excluding tert-OH is 1. The molecule has 2 aliphatic rings. The Bertz CT molecular complexity index is 906. The second kappa shape index (κ2) is 10.5. The standard InChI is InChI=1S/C25H32N4O3/c30-18-21-11-14-28(15-12-21)23-9-5-19(6-10-23)16-26-25(32)27-22-7-3-20(4-8-22)17-29-13-1-2-24(29)31/h3-10,21,30H,1-2,11-18H2,(H2,26,27,32). The lowest BCUT2D eigenvalue weighted by molar-refractivity contribution is -0.128. The highest BCUT2D eigenvalue weighted by Crippen LogP contribution is 2.23. The number of amides is 3. The molecule has 7 heteroatoms. The van der Waals surface area contributed by atoms with E-state index in [9.17, 15) is 14.7 Å². The van der Waals surface area contributed by atoms with Crippen LogP contribution in [0.4, 0.5) is 16.2 Å². The van der Waals surface area contributed by atoms with Crippen molar-refractivity contribution in [2.45, 2.75) is 38.8 Å². The van der Waals surface area contributed by atoms with Crippen LogP contribution in [0.2, 0.25) is 0 Å². The smallest absolute Gasteiger partial charge is 0.319 e. The quantitative estimate of drug-likeness (QED) is 0.622. The summed E-state index contributed by atoms with van der Waals surface area (Å²) in [4.78, 5) is 28.2. The number of rotatable bonds is 7. The largest absolute Gasteiger partial charge is 0.396 e. The zero-order chi connectivity index (χ0) is 22.3. The number of aliphatic hydroxyl groups is 1. The van der Waals surface area contributed by atoms with Gasteiger partial charge in [-0.2, -0.15) is 0 Å². The first kappa shape index (κ1) is 22.1. The summed E-state index contributed by atoms with van der Waals surface area (Å²) in [5.74, 6) is 0.643. The number of urea groups is 1. The predicted octanol–water partition coefficient (Wildman–Crippen LogP) is 3.34. The van der Waals surface area contributed by atoms with Crippen LogP contribution in [0.25, 0.3) is 0 Å². The molecular formula is C25H32N4O3. The van der Waals surface area contributed by atoms with Gasteiger partial charge in [0, 0.05) is 57.1 Å². The van der Waals surface area contributed by atoms with E-state index in [4.69, 9.17) is 0 Å². The van der Waals surface area contributed by atoms with Gasteiger partial charge in [-0.15, -0.1) is 0 Å². The maximum Gasteiger partial charge on any atom is 0.319 e. The Labute approximate surface area is 189 Å². The molecule has 0 aliphatic carbocycles. The summed E-state index contributed by atoms with van der Waals surface area (Å²) in [6.07, 6.45) is 3.63. The maximum atomic E-state index is 12.3. The Hall–Kier alpha value is -3.06. The van der Waals surface area contributed by atoms with Crippen molar-refractivity contribution in [3.63, 3.8) is 0 Å². The zero-order valence-electron chi connectivity index (χ0n) is 18.4. The molecule has 0 atom stereocenters. The Morgan fingerprint density at radius 2 is 1.66 bits per heavy atom. The minimum Gasteiger partial charge on any atom is -0.396 e. The van der Waals surface area contributed by atoms with Gasteiger partial charge in [0.05, 0.1) is 0 Å². The Kier molecular flexibility index (Phi) is 7.27. The van der Waals surface area contributed by atoms with Gasteiger partial charge in [-0.05, 0) is 60.6 Å². The van der Waals surface area contributed by atoms with Crippen molar-refractivity contribution in [3.8, 4) is 0 Å². The van der Waals surface area contributed by atoms with Gasteiger partial charge in [-0.25, -0.2) is 4.79 Å². The summed E-state index contributed by atoms with van der Waals surface area (Å²) >= 11 is 0. The first-order valence-electron chi connectivity index (χ1n) is 11.5. The monoisotopic (exact) mass is 436 g/mol. The van der Waals surface area contributed by atoms with Crippen molar-refractivity contribution in [1.82, 2.24) is 10.2 Å². The van der Waals surface area contributed by atoms with E-state index in [2.05, 4.69) is 27.7 Å². The van der Waals surface area contributed by atoms with Crippen molar-refractivity contribution in [2.24, 2.45) is 5.92 Å². The van der Waals surface area contributed by atoms with Gasteiger partial charge in [0.25, 0.3) is 0 Å². The highest BCUT2D eigenvalue weighted by atomic mass is 16.3. The fourth-order valence-corrected chi connectivity index (χ4v) is 4.34. The molecule has 32 heavy (non-hydrogen) atoms. The van der Waals surface area contributed by atoms with Crippen LogP contribution in [0.1, 0.15) is 36.8 Å². The third-order valence-corrected chi connectivity index (χ3v) is 6.38. The minimum absolute atomic E-state index is 0.214. The maximum absolute atomic E-state index is 12.3. The van der Waals surface area contributed by atoms with Gasteiger partial charge in [0.1, 0.15) is 0 Å². The molecule has 3 amide bonds. The number of hydrogen-bond donors (Lipinski definition) is 3. The van der Waals surface area contributed by atoms with E-state index in [-0.39, 0.29) is 18.5 Å². The van der Waals surface area contributed by atoms with Crippen LogP contribution in [0.15, 0.2) is 48.5 Å². The van der Waals surface area contributed by atoms with Gasteiger partial charge < -0.3 is 25.5 Å². The molecule has 2 aliphatic heterocycles. The number of nitrogens with one attached hydrogen (secondary N) is 2. The number of likely N-dealkylation sites (tertiary alicyclic amines) is 1. The first-order valence-corrected chi connectivity index (χ1v) is 11.5. The molecule has 0 aromatic heterocycles. The number of piperidine rings is 1. The Balaban J connectivity index is 1.21.